The summed E-state index contributed by atoms with van der Waals surface area (Å²) in [5.41, 5.74) is 0.364. The third-order valence-corrected chi connectivity index (χ3v) is 1.57. The third kappa shape index (κ3) is 1.35. The maximum atomic E-state index is 11.2. The second-order valence-corrected chi connectivity index (χ2v) is 2.54. The minimum atomic E-state index is 0.244. The van der Waals surface area contributed by atoms with Gasteiger partial charge in [-0.15, -0.1) is 10.2 Å². The first kappa shape index (κ1) is 7.72. The van der Waals surface area contributed by atoms with Gasteiger partial charge in [0.15, 0.2) is 6.20 Å². The fourth-order valence-corrected chi connectivity index (χ4v) is 0.994. The third-order valence-electron chi connectivity index (χ3n) is 1.57. The zero-order valence-electron chi connectivity index (χ0n) is 6.97. The zero-order valence-corrected chi connectivity index (χ0v) is 6.97. The van der Waals surface area contributed by atoms with Crippen LogP contribution in [0.25, 0.3) is 11.6 Å². The summed E-state index contributed by atoms with van der Waals surface area (Å²) in [5.74, 6) is 0.687. The topological polar surface area (TPSA) is 65.9 Å². The van der Waals surface area contributed by atoms with Crippen molar-refractivity contribution in [2.45, 2.75) is 6.92 Å². The van der Waals surface area contributed by atoms with Gasteiger partial charge >= 0.3 is 5.89 Å². The molecule has 0 unspecified atom stereocenters. The Hall–Kier alpha value is -1.91. The van der Waals surface area contributed by atoms with E-state index >= 15 is 0 Å². The van der Waals surface area contributed by atoms with Gasteiger partial charge in [-0.05, 0) is 6.07 Å². The van der Waals surface area contributed by atoms with Crippen LogP contribution in [0.3, 0.4) is 0 Å². The van der Waals surface area contributed by atoms with Gasteiger partial charge in [-0.3, -0.25) is 0 Å². The lowest BCUT2D eigenvalue weighted by atomic mass is 10.3. The van der Waals surface area contributed by atoms with Crippen molar-refractivity contribution >= 4 is 0 Å². The monoisotopic (exact) mass is 177 g/mol. The minimum absolute atomic E-state index is 0.244. The molecule has 66 valence electrons. The maximum Gasteiger partial charge on any atom is 0.314 e. The highest BCUT2D eigenvalue weighted by molar-refractivity contribution is 5.40. The fraction of sp³-hybridized carbons (Fsp3) is 0.125. The Labute approximate surface area is 74.2 Å². The molecule has 0 N–H and O–H groups in total. The molecule has 5 heteroatoms. The van der Waals surface area contributed by atoms with Gasteiger partial charge in [0.1, 0.15) is 0 Å². The Morgan fingerprint density at radius 3 is 2.85 bits per heavy atom. The molecule has 0 fully saturated rings. The van der Waals surface area contributed by atoms with Crippen LogP contribution in [0.4, 0.5) is 0 Å². The summed E-state index contributed by atoms with van der Waals surface area (Å²) in [6.07, 6.45) is 1.38. The summed E-state index contributed by atoms with van der Waals surface area (Å²) in [6, 6.07) is 5.00. The molecule has 2 aromatic heterocycles. The largest absolute Gasteiger partial charge is 0.618 e. The van der Waals surface area contributed by atoms with Gasteiger partial charge in [-0.1, -0.05) is 0 Å². The van der Waals surface area contributed by atoms with E-state index in [2.05, 4.69) is 10.2 Å². The second kappa shape index (κ2) is 2.85. The van der Waals surface area contributed by atoms with Crippen LogP contribution in [0.15, 0.2) is 28.8 Å². The first-order valence-corrected chi connectivity index (χ1v) is 3.76. The lowest BCUT2D eigenvalue weighted by Gasteiger charge is -1.97. The van der Waals surface area contributed by atoms with Gasteiger partial charge in [0.2, 0.25) is 5.89 Å². The average Bonchev–Trinajstić information content (AvgIpc) is 2.53. The first-order valence-electron chi connectivity index (χ1n) is 3.76. The van der Waals surface area contributed by atoms with Gasteiger partial charge in [-0.2, -0.15) is 4.73 Å². The summed E-state index contributed by atoms with van der Waals surface area (Å²) >= 11 is 0. The van der Waals surface area contributed by atoms with Crippen LogP contribution in [0.2, 0.25) is 0 Å². The normalized spacial score (nSPS) is 10.2. The molecule has 0 saturated carbocycles. The molecule has 0 spiro atoms. The average molecular weight is 177 g/mol. The second-order valence-electron chi connectivity index (χ2n) is 2.54. The van der Waals surface area contributed by atoms with Crippen LogP contribution >= 0.6 is 0 Å². The van der Waals surface area contributed by atoms with E-state index in [1.54, 1.807) is 25.1 Å². The lowest BCUT2D eigenvalue weighted by molar-refractivity contribution is -0.594. The predicted octanol–water partition coefficient (Wildman–Crippen LogP) is 0.678. The van der Waals surface area contributed by atoms with Gasteiger partial charge in [0.05, 0.1) is 0 Å². The molecule has 0 saturated heterocycles. The Morgan fingerprint density at radius 1 is 1.38 bits per heavy atom. The number of aryl methyl sites for hydroxylation is 1. The van der Waals surface area contributed by atoms with Gasteiger partial charge in [-0.25, -0.2) is 0 Å². The number of hydrogen-bond acceptors (Lipinski definition) is 4. The first-order chi connectivity index (χ1) is 6.27. The van der Waals surface area contributed by atoms with Crippen LogP contribution in [-0.2, 0) is 0 Å². The summed E-state index contributed by atoms with van der Waals surface area (Å²) in [4.78, 5) is 0. The Balaban J connectivity index is 2.52. The Kier molecular flexibility index (Phi) is 1.70. The molecular weight excluding hydrogens is 170 g/mol. The number of aromatic nitrogens is 3. The van der Waals surface area contributed by atoms with E-state index in [1.165, 1.54) is 6.20 Å². The summed E-state index contributed by atoms with van der Waals surface area (Å²) in [7, 11) is 0. The van der Waals surface area contributed by atoms with Crippen molar-refractivity contribution in [3.8, 4) is 11.6 Å². The standard InChI is InChI=1S/C8H7N3O2/c1-6-9-10-8(13-6)7-4-2-3-5-11(7)12/h2-5H,1H3. The molecule has 0 atom stereocenters. The molecule has 2 heterocycles. The van der Waals surface area contributed by atoms with E-state index < -0.39 is 0 Å². The molecule has 0 aliphatic rings. The molecular formula is C8H7N3O2. The molecule has 13 heavy (non-hydrogen) atoms. The number of pyridine rings is 1. The number of rotatable bonds is 1. The molecule has 0 aliphatic heterocycles. The quantitative estimate of drug-likeness (QED) is 0.474. The van der Waals surface area contributed by atoms with Crippen molar-refractivity contribution in [3.63, 3.8) is 0 Å². The predicted molar refractivity (Wildman–Crippen MR) is 43.4 cm³/mol. The van der Waals surface area contributed by atoms with Crippen LogP contribution in [0.5, 0.6) is 0 Å². The molecule has 0 amide bonds. The van der Waals surface area contributed by atoms with E-state index in [0.717, 1.165) is 0 Å². The SMILES string of the molecule is Cc1nnc(-c2cccc[n+]2[O-])o1. The highest BCUT2D eigenvalue weighted by atomic mass is 16.5. The highest BCUT2D eigenvalue weighted by Gasteiger charge is 2.13. The van der Waals surface area contributed by atoms with E-state index in [1.807, 2.05) is 0 Å². The molecule has 0 aliphatic carbocycles. The van der Waals surface area contributed by atoms with E-state index in [4.69, 9.17) is 4.42 Å². The Bertz CT molecular complexity index is 425. The number of hydrogen-bond donors (Lipinski definition) is 0. The molecule has 2 rings (SSSR count). The van der Waals surface area contributed by atoms with E-state index in [-0.39, 0.29) is 5.89 Å². The van der Waals surface area contributed by atoms with Crippen molar-refractivity contribution in [3.05, 3.63) is 35.5 Å². The van der Waals surface area contributed by atoms with Gasteiger partial charge < -0.3 is 9.62 Å². The minimum Gasteiger partial charge on any atom is -0.618 e. The summed E-state index contributed by atoms with van der Waals surface area (Å²) < 4.78 is 5.79. The maximum absolute atomic E-state index is 11.2. The molecule has 2 aromatic rings. The van der Waals surface area contributed by atoms with Crippen molar-refractivity contribution in [1.82, 2.24) is 10.2 Å². The lowest BCUT2D eigenvalue weighted by Crippen LogP contribution is -2.27. The van der Waals surface area contributed by atoms with Crippen LogP contribution in [-0.4, -0.2) is 10.2 Å². The van der Waals surface area contributed by atoms with Crippen molar-refractivity contribution in [2.24, 2.45) is 0 Å². The molecule has 0 radical (unpaired) electrons. The molecule has 0 aromatic carbocycles. The van der Waals surface area contributed by atoms with Crippen LogP contribution < -0.4 is 4.73 Å². The number of nitrogens with zero attached hydrogens (tertiary/aromatic N) is 3. The molecule has 5 nitrogen and oxygen atoms in total. The van der Waals surface area contributed by atoms with Crippen molar-refractivity contribution < 1.29 is 9.15 Å². The summed E-state index contributed by atoms with van der Waals surface area (Å²) in [6.45, 7) is 1.68. The van der Waals surface area contributed by atoms with Crippen molar-refractivity contribution in [2.75, 3.05) is 0 Å². The van der Waals surface area contributed by atoms with Crippen LogP contribution in [0, 0.1) is 12.1 Å². The smallest absolute Gasteiger partial charge is 0.314 e. The highest BCUT2D eigenvalue weighted by Crippen LogP contribution is 2.11. The van der Waals surface area contributed by atoms with Gasteiger partial charge in [0.25, 0.3) is 5.69 Å². The van der Waals surface area contributed by atoms with E-state index in [9.17, 15) is 5.21 Å². The summed E-state index contributed by atoms with van der Waals surface area (Å²) in [5, 5.41) is 18.6. The van der Waals surface area contributed by atoms with Crippen LogP contribution in [0.1, 0.15) is 5.89 Å². The Morgan fingerprint density at radius 2 is 2.23 bits per heavy atom. The fourth-order valence-electron chi connectivity index (χ4n) is 0.994. The van der Waals surface area contributed by atoms with Gasteiger partial charge in [0, 0.05) is 19.1 Å². The zero-order chi connectivity index (χ0) is 9.26. The molecule has 0 bridgehead atoms. The van der Waals surface area contributed by atoms with E-state index in [0.29, 0.717) is 16.3 Å². The van der Waals surface area contributed by atoms with Crippen molar-refractivity contribution in [1.29, 1.82) is 0 Å².